The molecule has 0 bridgehead atoms. The molecule has 2 amide bonds. The van der Waals surface area contributed by atoms with Crippen molar-refractivity contribution in [2.24, 2.45) is 0 Å². The van der Waals surface area contributed by atoms with Crippen molar-refractivity contribution < 1.29 is 22.4 Å². The highest BCUT2D eigenvalue weighted by Crippen LogP contribution is 2.23. The van der Waals surface area contributed by atoms with Crippen molar-refractivity contribution in [3.63, 3.8) is 0 Å². The molecule has 0 aliphatic rings. The predicted octanol–water partition coefficient (Wildman–Crippen LogP) is 3.66. The molecule has 2 aromatic carbocycles. The van der Waals surface area contributed by atoms with Gasteiger partial charge >= 0.3 is 0 Å². The fraction of sp³-hybridized carbons (Fsp3) is 0.440. The van der Waals surface area contributed by atoms with Crippen LogP contribution in [0.25, 0.3) is 0 Å². The maximum Gasteiger partial charge on any atom is 0.244 e. The summed E-state index contributed by atoms with van der Waals surface area (Å²) in [6.07, 6.45) is 1.74. The van der Waals surface area contributed by atoms with Crippen LogP contribution in [0.15, 0.2) is 48.5 Å². The Morgan fingerprint density at radius 2 is 1.65 bits per heavy atom. The zero-order valence-electron chi connectivity index (χ0n) is 20.4. The smallest absolute Gasteiger partial charge is 0.244 e. The highest BCUT2D eigenvalue weighted by Gasteiger charge is 2.30. The van der Waals surface area contributed by atoms with E-state index in [4.69, 9.17) is 0 Å². The Labute approximate surface area is 202 Å². The van der Waals surface area contributed by atoms with E-state index in [0.717, 1.165) is 16.1 Å². The highest BCUT2D eigenvalue weighted by atomic mass is 32.2. The third kappa shape index (κ3) is 7.28. The first-order chi connectivity index (χ1) is 16.0. The first-order valence-electron chi connectivity index (χ1n) is 11.3. The summed E-state index contributed by atoms with van der Waals surface area (Å²) in [4.78, 5) is 27.3. The highest BCUT2D eigenvalue weighted by molar-refractivity contribution is 7.92. The van der Waals surface area contributed by atoms with Gasteiger partial charge in [0.05, 0.1) is 11.9 Å². The first kappa shape index (κ1) is 27.3. The van der Waals surface area contributed by atoms with Gasteiger partial charge in [-0.15, -0.1) is 0 Å². The van der Waals surface area contributed by atoms with E-state index >= 15 is 0 Å². The Bertz CT molecular complexity index is 1090. The molecule has 0 saturated heterocycles. The molecule has 1 N–H and O–H groups in total. The molecule has 2 rings (SSSR count). The molecule has 1 unspecified atom stereocenters. The van der Waals surface area contributed by atoms with Crippen molar-refractivity contribution in [2.45, 2.75) is 52.6 Å². The summed E-state index contributed by atoms with van der Waals surface area (Å²) in [6, 6.07) is 12.0. The van der Waals surface area contributed by atoms with Crippen LogP contribution in [0.5, 0.6) is 0 Å². The zero-order chi connectivity index (χ0) is 25.5. The Balaban J connectivity index is 2.38. The van der Waals surface area contributed by atoms with E-state index in [1.165, 1.54) is 23.1 Å². The molecule has 186 valence electrons. The van der Waals surface area contributed by atoms with Crippen LogP contribution in [0.2, 0.25) is 0 Å². The van der Waals surface area contributed by atoms with Gasteiger partial charge in [-0.05, 0) is 43.0 Å². The van der Waals surface area contributed by atoms with Gasteiger partial charge in [-0.3, -0.25) is 13.9 Å². The molecule has 1 atom stereocenters. The van der Waals surface area contributed by atoms with Crippen LogP contribution >= 0.6 is 0 Å². The van der Waals surface area contributed by atoms with Gasteiger partial charge in [-0.2, -0.15) is 0 Å². The molecule has 0 heterocycles. The van der Waals surface area contributed by atoms with E-state index in [-0.39, 0.29) is 18.0 Å². The number of rotatable bonds is 11. The standard InChI is InChI=1S/C25H34FN3O4S/c1-6-15-27-25(31)19(4)28(16-21-9-7-8-10-23(21)26)24(30)17-29(34(5,32)33)22-13-11-20(12-14-22)18(2)3/h7-14,18-19H,6,15-17H2,1-5H3,(H,27,31). The molecule has 2 aromatic rings. The first-order valence-corrected chi connectivity index (χ1v) is 13.2. The van der Waals surface area contributed by atoms with Crippen LogP contribution in [0.1, 0.15) is 51.2 Å². The summed E-state index contributed by atoms with van der Waals surface area (Å²) < 4.78 is 40.5. The molecule has 0 aliphatic heterocycles. The van der Waals surface area contributed by atoms with Crippen molar-refractivity contribution in [1.82, 2.24) is 10.2 Å². The number of halogens is 1. The monoisotopic (exact) mass is 491 g/mol. The second-order valence-electron chi connectivity index (χ2n) is 8.60. The normalized spacial score (nSPS) is 12.3. The molecule has 0 aliphatic carbocycles. The van der Waals surface area contributed by atoms with Crippen LogP contribution in [-0.2, 0) is 26.2 Å². The average molecular weight is 492 g/mol. The lowest BCUT2D eigenvalue weighted by Gasteiger charge is -2.31. The molecule has 9 heteroatoms. The van der Waals surface area contributed by atoms with Gasteiger partial charge in [0.1, 0.15) is 18.4 Å². The molecular formula is C25H34FN3O4S. The molecule has 0 fully saturated rings. The van der Waals surface area contributed by atoms with Gasteiger partial charge in [0.15, 0.2) is 0 Å². The summed E-state index contributed by atoms with van der Waals surface area (Å²) in [6.45, 7) is 7.25. The number of nitrogens with zero attached hydrogens (tertiary/aromatic N) is 2. The van der Waals surface area contributed by atoms with Crippen LogP contribution in [0, 0.1) is 5.82 Å². The van der Waals surface area contributed by atoms with E-state index in [9.17, 15) is 22.4 Å². The number of carbonyl (C=O) groups is 2. The number of amides is 2. The second-order valence-corrected chi connectivity index (χ2v) is 10.5. The van der Waals surface area contributed by atoms with Crippen molar-refractivity contribution in [1.29, 1.82) is 0 Å². The Morgan fingerprint density at radius 1 is 1.03 bits per heavy atom. The van der Waals surface area contributed by atoms with Crippen molar-refractivity contribution in [3.05, 3.63) is 65.5 Å². The van der Waals surface area contributed by atoms with Crippen LogP contribution in [0.4, 0.5) is 10.1 Å². The molecule has 7 nitrogen and oxygen atoms in total. The van der Waals surface area contributed by atoms with Gasteiger partial charge in [0.25, 0.3) is 0 Å². The van der Waals surface area contributed by atoms with E-state index in [2.05, 4.69) is 5.32 Å². The molecular weight excluding hydrogens is 457 g/mol. The summed E-state index contributed by atoms with van der Waals surface area (Å²) in [5, 5.41) is 2.74. The van der Waals surface area contributed by atoms with E-state index in [1.807, 2.05) is 32.9 Å². The zero-order valence-corrected chi connectivity index (χ0v) is 21.2. The lowest BCUT2D eigenvalue weighted by atomic mass is 10.0. The van der Waals surface area contributed by atoms with Gasteiger partial charge in [-0.25, -0.2) is 12.8 Å². The number of benzene rings is 2. The number of hydrogen-bond donors (Lipinski definition) is 1. The summed E-state index contributed by atoms with van der Waals surface area (Å²) >= 11 is 0. The Hall–Kier alpha value is -2.94. The van der Waals surface area contributed by atoms with Crippen LogP contribution in [0.3, 0.4) is 0 Å². The summed E-state index contributed by atoms with van der Waals surface area (Å²) in [5.74, 6) is -1.24. The van der Waals surface area contributed by atoms with E-state index < -0.39 is 40.2 Å². The third-order valence-electron chi connectivity index (χ3n) is 5.54. The molecule has 0 spiro atoms. The number of sulfonamides is 1. The average Bonchev–Trinajstić information content (AvgIpc) is 2.79. The van der Waals surface area contributed by atoms with Crippen LogP contribution in [-0.4, -0.2) is 50.5 Å². The SMILES string of the molecule is CCCNC(=O)C(C)N(Cc1ccccc1F)C(=O)CN(c1ccc(C(C)C)cc1)S(C)(=O)=O. The van der Waals surface area contributed by atoms with Crippen molar-refractivity contribution in [3.8, 4) is 0 Å². The lowest BCUT2D eigenvalue weighted by molar-refractivity contribution is -0.139. The lowest BCUT2D eigenvalue weighted by Crippen LogP contribution is -2.51. The third-order valence-corrected chi connectivity index (χ3v) is 6.68. The van der Waals surface area contributed by atoms with Gasteiger partial charge in [0, 0.05) is 18.7 Å². The molecule has 0 radical (unpaired) electrons. The van der Waals surface area contributed by atoms with Gasteiger partial charge < -0.3 is 10.2 Å². The maximum absolute atomic E-state index is 14.4. The topological polar surface area (TPSA) is 86.8 Å². The van der Waals surface area contributed by atoms with E-state index in [0.29, 0.717) is 18.7 Å². The van der Waals surface area contributed by atoms with Gasteiger partial charge in [-0.1, -0.05) is 51.1 Å². The number of anilines is 1. The van der Waals surface area contributed by atoms with Crippen molar-refractivity contribution >= 4 is 27.5 Å². The second kappa shape index (κ2) is 12.0. The van der Waals surface area contributed by atoms with Crippen molar-refractivity contribution in [2.75, 3.05) is 23.7 Å². The number of nitrogens with one attached hydrogen (secondary N) is 1. The Morgan fingerprint density at radius 3 is 2.18 bits per heavy atom. The minimum atomic E-state index is -3.81. The molecule has 0 saturated carbocycles. The summed E-state index contributed by atoms with van der Waals surface area (Å²) in [7, 11) is -3.81. The molecule has 0 aromatic heterocycles. The largest absolute Gasteiger partial charge is 0.354 e. The fourth-order valence-corrected chi connectivity index (χ4v) is 4.28. The van der Waals surface area contributed by atoms with E-state index in [1.54, 1.807) is 25.1 Å². The van der Waals surface area contributed by atoms with Gasteiger partial charge in [0.2, 0.25) is 21.8 Å². The number of carbonyl (C=O) groups excluding carboxylic acids is 2. The maximum atomic E-state index is 14.4. The molecule has 34 heavy (non-hydrogen) atoms. The summed E-state index contributed by atoms with van der Waals surface area (Å²) in [5.41, 5.74) is 1.61. The minimum Gasteiger partial charge on any atom is -0.354 e. The minimum absolute atomic E-state index is 0.171. The Kier molecular flexibility index (Phi) is 9.61. The predicted molar refractivity (Wildman–Crippen MR) is 132 cm³/mol. The fourth-order valence-electron chi connectivity index (χ4n) is 3.43. The van der Waals surface area contributed by atoms with Crippen LogP contribution < -0.4 is 9.62 Å². The number of hydrogen-bond acceptors (Lipinski definition) is 4. The quantitative estimate of drug-likeness (QED) is 0.520.